The van der Waals surface area contributed by atoms with Gasteiger partial charge in [0.2, 0.25) is 53.0 Å². The van der Waals surface area contributed by atoms with Crippen LogP contribution in [0.25, 0.3) is 10.9 Å². The standard InChI is InChI=1S/C58H77N9O17S/c1-6-28(2)47-52(79)61-23-43(74)62-37-27-85(82)53-35-17-31(50(77)60-24-44(75)64-47)19-40(71)48(29(3)41(72)26-68)65-51(78)38-21-32(69)25-67(38)58(49(76)30(18-39(37)70)20-42(59)73,83-33-11-12-34(35)36(22-33)63-53)13-9-7-8-10-16-66-54(80)45-46(55(66)81)57(5)15-14-56(45,4)84-57/h11-12,14-15,22,28-32,37-38,41,45-48,63,68-69,72H,6-10,13,16-21,23-27H2,1-5H3,(H2,59,73)(H,60,77)(H,61,79)(H,62,74)(H,64,75)(H,65,78)/t28-,29-,30-,31?,32?,37?,38-,41-,45-,46+,47-,48-,56?,57?,58?,85?/m0/s1. The third kappa shape index (κ3) is 12.3. The highest BCUT2D eigenvalue weighted by atomic mass is 32.2. The van der Waals surface area contributed by atoms with Crippen LogP contribution in [0.5, 0.6) is 5.75 Å². The first-order valence-electron chi connectivity index (χ1n) is 29.3. The first-order valence-corrected chi connectivity index (χ1v) is 30.6. The number of aromatic nitrogens is 1. The van der Waals surface area contributed by atoms with E-state index in [-0.39, 0.29) is 59.5 Å². The number of nitrogens with one attached hydrogen (secondary N) is 6. The number of benzene rings is 1. The number of aliphatic hydroxyl groups is 3. The van der Waals surface area contributed by atoms with Crippen LogP contribution in [0.4, 0.5) is 0 Å². The molecule has 3 saturated heterocycles. The lowest BCUT2D eigenvalue weighted by molar-refractivity contribution is -0.168. The molecule has 26 nitrogen and oxygen atoms in total. The molecular weight excluding hydrogens is 1130 g/mol. The van der Waals surface area contributed by atoms with E-state index in [1.807, 2.05) is 12.2 Å². The average Bonchev–Trinajstić information content (AvgIpc) is 1.55. The number of aromatic amines is 1. The van der Waals surface area contributed by atoms with Gasteiger partial charge in [0, 0.05) is 68.0 Å². The highest BCUT2D eigenvalue weighted by Crippen LogP contribution is 2.57. The minimum atomic E-state index is -2.41. The van der Waals surface area contributed by atoms with E-state index in [9.17, 15) is 48.9 Å². The van der Waals surface area contributed by atoms with Crippen LogP contribution in [0.2, 0.25) is 0 Å². The highest BCUT2D eigenvalue weighted by molar-refractivity contribution is 7.85. The van der Waals surface area contributed by atoms with Crippen molar-refractivity contribution in [3.8, 4) is 5.75 Å². The summed E-state index contributed by atoms with van der Waals surface area (Å²) in [6.45, 7) is 5.67. The Bertz CT molecular complexity index is 3100. The number of Topliss-reactive ketones (excluding diaryl/α,β-unsaturated/α-hetero) is 3. The normalized spacial score (nSPS) is 34.2. The summed E-state index contributed by atoms with van der Waals surface area (Å²) in [7, 11) is -2.33. The van der Waals surface area contributed by atoms with Gasteiger partial charge in [-0.15, -0.1) is 0 Å². The molecule has 10 bridgehead atoms. The smallest absolute Gasteiger partial charge is 0.243 e. The number of unbranched alkanes of at least 4 members (excludes halogenated alkanes) is 3. The van der Waals surface area contributed by atoms with E-state index in [1.165, 1.54) is 28.9 Å². The molecule has 0 radical (unpaired) electrons. The number of ketones is 3. The van der Waals surface area contributed by atoms with Gasteiger partial charge < -0.3 is 62.1 Å². The zero-order valence-electron chi connectivity index (χ0n) is 48.3. The second kappa shape index (κ2) is 24.9. The Morgan fingerprint density at radius 3 is 2.15 bits per heavy atom. The van der Waals surface area contributed by atoms with Crippen molar-refractivity contribution in [3.05, 3.63) is 35.9 Å². The summed E-state index contributed by atoms with van der Waals surface area (Å²) in [5.74, 6) is -15.9. The lowest BCUT2D eigenvalue weighted by Gasteiger charge is -2.45. The first-order chi connectivity index (χ1) is 40.2. The van der Waals surface area contributed by atoms with Crippen molar-refractivity contribution in [1.82, 2.24) is 41.4 Å². The number of hydrogen-bond acceptors (Lipinski definition) is 18. The summed E-state index contributed by atoms with van der Waals surface area (Å²) in [6.07, 6.45) is -1.35. The number of primary amides is 1. The minimum Gasteiger partial charge on any atom is -0.465 e. The molecule has 0 spiro atoms. The van der Waals surface area contributed by atoms with Crippen LogP contribution >= 0.6 is 0 Å². The summed E-state index contributed by atoms with van der Waals surface area (Å²) < 4.78 is 28.3. The van der Waals surface area contributed by atoms with Gasteiger partial charge in [-0.2, -0.15) is 0 Å². The molecule has 7 aliphatic rings. The first kappa shape index (κ1) is 62.7. The quantitative estimate of drug-likeness (QED) is 0.0576. The van der Waals surface area contributed by atoms with E-state index in [1.54, 1.807) is 33.8 Å². The van der Waals surface area contributed by atoms with Crippen LogP contribution in [-0.2, 0) is 74.7 Å². The number of likely N-dealkylation sites (tertiary alicyclic amines) is 1. The number of imide groups is 1. The van der Waals surface area contributed by atoms with Crippen molar-refractivity contribution in [2.24, 2.45) is 41.2 Å². The van der Waals surface area contributed by atoms with Crippen LogP contribution < -0.4 is 37.1 Å². The Morgan fingerprint density at radius 1 is 0.835 bits per heavy atom. The second-order valence-electron chi connectivity index (χ2n) is 24.4. The van der Waals surface area contributed by atoms with Crippen LogP contribution in [0.15, 0.2) is 35.4 Å². The summed E-state index contributed by atoms with van der Waals surface area (Å²) in [4.78, 5) is 164. The summed E-state index contributed by atoms with van der Waals surface area (Å²) in [5, 5.41) is 46.2. The van der Waals surface area contributed by atoms with Gasteiger partial charge in [-0.3, -0.25) is 61.8 Å². The summed E-state index contributed by atoms with van der Waals surface area (Å²) >= 11 is 0. The minimum absolute atomic E-state index is 0.0345. The van der Waals surface area contributed by atoms with Crippen molar-refractivity contribution in [1.29, 1.82) is 0 Å². The van der Waals surface area contributed by atoms with Gasteiger partial charge in [-0.25, -0.2) is 4.90 Å². The molecule has 0 aliphatic carbocycles. The second-order valence-corrected chi connectivity index (χ2v) is 25.8. The summed E-state index contributed by atoms with van der Waals surface area (Å²) in [6, 6.07) is -1.70. The predicted molar refractivity (Wildman–Crippen MR) is 300 cm³/mol. The Labute approximate surface area is 492 Å². The molecule has 9 rings (SSSR count). The van der Waals surface area contributed by atoms with Crippen molar-refractivity contribution in [2.45, 2.75) is 164 Å². The molecule has 7 aliphatic heterocycles. The van der Waals surface area contributed by atoms with E-state index >= 15 is 23.4 Å². The van der Waals surface area contributed by atoms with Gasteiger partial charge >= 0.3 is 0 Å². The zero-order valence-corrected chi connectivity index (χ0v) is 49.1. The lowest BCUT2D eigenvalue weighted by Crippen LogP contribution is -2.65. The SMILES string of the molecule is CC[C@H](C)[C@@H]1NC(=O)CNC(=O)C2CC(=O)[C@H]([C@@H](C)[C@@H](O)CO)NC(=O)[C@@H]3CC(O)CN3C3(CCCCCCN4C(=O)[C@@H]5[C@H](C4=O)C4(C)C=CC5(C)O4)Oc4ccc5c(c([nH]c5c4)S(=O)CC(NC(=O)CNC1=O)C(=O)C[C@@H](CC(N)=O)C3=O)C2. The molecule has 11 N–H and O–H groups in total. The Hall–Kier alpha value is -6.78. The van der Waals surface area contributed by atoms with Crippen molar-refractivity contribution in [2.75, 3.05) is 38.5 Å². The topological polar surface area (TPSA) is 392 Å². The highest BCUT2D eigenvalue weighted by Gasteiger charge is 2.70. The lowest BCUT2D eigenvalue weighted by atomic mass is 9.73. The Morgan fingerprint density at radius 2 is 1.49 bits per heavy atom. The fraction of sp³-hybridized carbons (Fsp3) is 0.638. The fourth-order valence-electron chi connectivity index (χ4n) is 13.6. The maximum Gasteiger partial charge on any atom is 0.243 e. The van der Waals surface area contributed by atoms with Crippen LogP contribution in [0, 0.1) is 35.5 Å². The predicted octanol–water partition coefficient (Wildman–Crippen LogP) is -1.64. The number of hydrogen-bond donors (Lipinski definition) is 10. The van der Waals surface area contributed by atoms with Gasteiger partial charge in [0.05, 0.1) is 95.1 Å². The van der Waals surface area contributed by atoms with E-state index < -0.39 is 210 Å². The monoisotopic (exact) mass is 1200 g/mol. The van der Waals surface area contributed by atoms with Gasteiger partial charge in [0.15, 0.2) is 17.3 Å². The molecule has 8 amide bonds. The fourth-order valence-corrected chi connectivity index (χ4v) is 15.1. The largest absolute Gasteiger partial charge is 0.465 e. The molecule has 27 heteroatoms. The van der Waals surface area contributed by atoms with Crippen LogP contribution in [0.1, 0.15) is 104 Å². The Kier molecular flexibility index (Phi) is 18.4. The molecule has 1 aromatic carbocycles. The number of amides is 8. The number of nitrogens with zero attached hydrogens (tertiary/aromatic N) is 2. The third-order valence-corrected chi connectivity index (χ3v) is 19.9. The van der Waals surface area contributed by atoms with Crippen molar-refractivity contribution >= 4 is 86.3 Å². The molecule has 2 aromatic rings. The number of ether oxygens (including phenoxy) is 2. The number of rotatable bonds is 14. The van der Waals surface area contributed by atoms with Gasteiger partial charge in [0.25, 0.3) is 0 Å². The molecule has 462 valence electrons. The molecule has 8 heterocycles. The number of fused-ring (bicyclic) bond motifs is 12. The molecule has 85 heavy (non-hydrogen) atoms. The molecular formula is C58H77N9O17S. The van der Waals surface area contributed by atoms with Gasteiger partial charge in [-0.05, 0) is 63.1 Å². The van der Waals surface area contributed by atoms with E-state index in [0.29, 0.717) is 31.1 Å². The van der Waals surface area contributed by atoms with Crippen LogP contribution in [0.3, 0.4) is 0 Å². The van der Waals surface area contributed by atoms with E-state index in [4.69, 9.17) is 15.2 Å². The number of nitrogens with two attached hydrogens (primary N) is 1. The number of carbonyl (C=O) groups is 11. The third-order valence-electron chi connectivity index (χ3n) is 18.4. The molecule has 1 aromatic heterocycles. The molecule has 0 saturated carbocycles. The van der Waals surface area contributed by atoms with Gasteiger partial charge in [0.1, 0.15) is 16.8 Å². The molecule has 3 fully saturated rings. The number of carbonyl (C=O) groups excluding carboxylic acids is 11. The number of H-pyrrole nitrogens is 1. The Balaban J connectivity index is 1.17. The number of aliphatic hydroxyl groups excluding tert-OH is 3. The summed E-state index contributed by atoms with van der Waals surface area (Å²) in [5.41, 5.74) is 2.01. The van der Waals surface area contributed by atoms with Crippen molar-refractivity contribution in [3.63, 3.8) is 0 Å². The van der Waals surface area contributed by atoms with Crippen LogP contribution in [-0.4, -0.2) is 191 Å². The maximum atomic E-state index is 16.3. The van der Waals surface area contributed by atoms with Gasteiger partial charge in [-0.1, -0.05) is 52.2 Å². The zero-order chi connectivity index (χ0) is 61.6. The average molecular weight is 1200 g/mol. The molecule has 7 unspecified atom stereocenters. The van der Waals surface area contributed by atoms with E-state index in [2.05, 4.69) is 31.6 Å². The van der Waals surface area contributed by atoms with E-state index in [0.717, 1.165) is 0 Å². The maximum absolute atomic E-state index is 16.3. The molecule has 16 atom stereocenters. The van der Waals surface area contributed by atoms with Crippen molar-refractivity contribution < 1.29 is 81.7 Å².